The van der Waals surface area contributed by atoms with Gasteiger partial charge in [0.15, 0.2) is 0 Å². The molecule has 0 fully saturated rings. The molecule has 4 aromatic rings. The zero-order valence-corrected chi connectivity index (χ0v) is 17.3. The summed E-state index contributed by atoms with van der Waals surface area (Å²) in [7, 11) is 1.57. The highest BCUT2D eigenvalue weighted by molar-refractivity contribution is 9.10. The SMILES string of the molecule is COc1ccc(Br)cc1NC(=O)Nc1cccc2c1ccn2Cc1ccncc1. The highest BCUT2D eigenvalue weighted by Crippen LogP contribution is 2.29. The maximum Gasteiger partial charge on any atom is 0.323 e. The van der Waals surface area contributed by atoms with Crippen molar-refractivity contribution < 1.29 is 9.53 Å². The summed E-state index contributed by atoms with van der Waals surface area (Å²) in [6.45, 7) is 0.733. The number of fused-ring (bicyclic) bond motifs is 1. The van der Waals surface area contributed by atoms with E-state index in [1.807, 2.05) is 48.7 Å². The molecule has 2 N–H and O–H groups in total. The number of carbonyl (C=O) groups is 1. The van der Waals surface area contributed by atoms with Crippen molar-refractivity contribution in [1.82, 2.24) is 9.55 Å². The van der Waals surface area contributed by atoms with Crippen molar-refractivity contribution in [3.05, 3.63) is 83.2 Å². The minimum Gasteiger partial charge on any atom is -0.495 e. The highest BCUT2D eigenvalue weighted by Gasteiger charge is 2.11. The van der Waals surface area contributed by atoms with Gasteiger partial charge in [-0.3, -0.25) is 4.98 Å². The number of hydrogen-bond donors (Lipinski definition) is 2. The zero-order valence-electron chi connectivity index (χ0n) is 15.7. The van der Waals surface area contributed by atoms with Crippen LogP contribution in [0.3, 0.4) is 0 Å². The summed E-state index contributed by atoms with van der Waals surface area (Å²) in [6.07, 6.45) is 5.59. The minimum absolute atomic E-state index is 0.337. The van der Waals surface area contributed by atoms with E-state index in [9.17, 15) is 4.79 Å². The Labute approximate surface area is 176 Å². The van der Waals surface area contributed by atoms with Crippen molar-refractivity contribution in [2.45, 2.75) is 6.54 Å². The molecule has 0 aliphatic carbocycles. The molecule has 0 bridgehead atoms. The number of ether oxygens (including phenoxy) is 1. The van der Waals surface area contributed by atoms with E-state index in [0.29, 0.717) is 11.4 Å². The predicted molar refractivity (Wildman–Crippen MR) is 119 cm³/mol. The van der Waals surface area contributed by atoms with Gasteiger partial charge in [0.1, 0.15) is 5.75 Å². The van der Waals surface area contributed by atoms with Gasteiger partial charge in [0.25, 0.3) is 0 Å². The Bertz CT molecular complexity index is 1160. The van der Waals surface area contributed by atoms with Gasteiger partial charge in [0, 0.05) is 35.0 Å². The van der Waals surface area contributed by atoms with Gasteiger partial charge in [0.2, 0.25) is 0 Å². The van der Waals surface area contributed by atoms with Crippen molar-refractivity contribution in [2.24, 2.45) is 0 Å². The number of nitrogens with one attached hydrogen (secondary N) is 2. The second kappa shape index (κ2) is 8.36. The van der Waals surface area contributed by atoms with Gasteiger partial charge in [-0.15, -0.1) is 0 Å². The smallest absolute Gasteiger partial charge is 0.323 e. The quantitative estimate of drug-likeness (QED) is 0.421. The van der Waals surface area contributed by atoms with E-state index in [4.69, 9.17) is 4.74 Å². The number of halogens is 1. The van der Waals surface area contributed by atoms with Crippen LogP contribution in [-0.4, -0.2) is 22.7 Å². The molecule has 29 heavy (non-hydrogen) atoms. The van der Waals surface area contributed by atoms with Crippen LogP contribution in [0.2, 0.25) is 0 Å². The molecule has 6 nitrogen and oxygen atoms in total. The van der Waals surface area contributed by atoms with Crippen molar-refractivity contribution in [3.8, 4) is 5.75 Å². The Morgan fingerprint density at radius 3 is 2.66 bits per heavy atom. The highest BCUT2D eigenvalue weighted by atomic mass is 79.9. The Hall–Kier alpha value is -3.32. The lowest BCUT2D eigenvalue weighted by molar-refractivity contribution is 0.262. The van der Waals surface area contributed by atoms with Crippen LogP contribution in [0.25, 0.3) is 10.9 Å². The van der Waals surface area contributed by atoms with E-state index in [2.05, 4.69) is 36.1 Å². The molecule has 146 valence electrons. The number of carbonyl (C=O) groups excluding carboxylic acids is 1. The van der Waals surface area contributed by atoms with Gasteiger partial charge in [-0.05, 0) is 54.1 Å². The number of aromatic nitrogens is 2. The molecule has 2 amide bonds. The first-order chi connectivity index (χ1) is 14.1. The van der Waals surface area contributed by atoms with Gasteiger partial charge in [-0.1, -0.05) is 22.0 Å². The van der Waals surface area contributed by atoms with E-state index in [1.165, 1.54) is 0 Å². The third kappa shape index (κ3) is 4.25. The van der Waals surface area contributed by atoms with Crippen LogP contribution in [0.4, 0.5) is 16.2 Å². The third-order valence-corrected chi connectivity index (χ3v) is 5.07. The van der Waals surface area contributed by atoms with Crippen molar-refractivity contribution in [3.63, 3.8) is 0 Å². The molecular formula is C22H19BrN4O2. The second-order valence-corrected chi connectivity index (χ2v) is 7.38. The van der Waals surface area contributed by atoms with E-state index >= 15 is 0 Å². The normalized spacial score (nSPS) is 10.7. The number of rotatable bonds is 5. The minimum atomic E-state index is -0.337. The first kappa shape index (κ1) is 19.0. The van der Waals surface area contributed by atoms with Gasteiger partial charge >= 0.3 is 6.03 Å². The van der Waals surface area contributed by atoms with E-state index in [-0.39, 0.29) is 6.03 Å². The topological polar surface area (TPSA) is 68.2 Å². The summed E-state index contributed by atoms with van der Waals surface area (Å²) in [5, 5.41) is 6.75. The first-order valence-corrected chi connectivity index (χ1v) is 9.81. The summed E-state index contributed by atoms with van der Waals surface area (Å²) in [5.74, 6) is 0.588. The molecule has 2 aromatic carbocycles. The van der Waals surface area contributed by atoms with Crippen LogP contribution in [0.15, 0.2) is 77.7 Å². The number of methoxy groups -OCH3 is 1. The lowest BCUT2D eigenvalue weighted by Gasteiger charge is -2.12. The van der Waals surface area contributed by atoms with E-state index in [1.54, 1.807) is 31.6 Å². The van der Waals surface area contributed by atoms with Gasteiger partial charge in [-0.25, -0.2) is 4.79 Å². The molecule has 4 rings (SSSR count). The molecule has 0 radical (unpaired) electrons. The number of amides is 2. The summed E-state index contributed by atoms with van der Waals surface area (Å²) in [4.78, 5) is 16.7. The zero-order chi connectivity index (χ0) is 20.2. The summed E-state index contributed by atoms with van der Waals surface area (Å²) >= 11 is 3.41. The van der Waals surface area contributed by atoms with E-state index in [0.717, 1.165) is 33.2 Å². The molecule has 0 atom stereocenters. The molecule has 0 aliphatic heterocycles. The summed E-state index contributed by atoms with van der Waals surface area (Å²) in [5.41, 5.74) is 3.53. The fraction of sp³-hybridized carbons (Fsp3) is 0.0909. The van der Waals surface area contributed by atoms with E-state index < -0.39 is 0 Å². The molecule has 2 heterocycles. The molecule has 0 unspecified atom stereocenters. The number of hydrogen-bond acceptors (Lipinski definition) is 3. The van der Waals surface area contributed by atoms with Crippen molar-refractivity contribution in [2.75, 3.05) is 17.7 Å². The third-order valence-electron chi connectivity index (χ3n) is 4.57. The Morgan fingerprint density at radius 2 is 1.86 bits per heavy atom. The Balaban J connectivity index is 1.55. The lowest BCUT2D eigenvalue weighted by atomic mass is 10.2. The van der Waals surface area contributed by atoms with Crippen LogP contribution in [0, 0.1) is 0 Å². The molecule has 0 saturated heterocycles. The number of pyridine rings is 1. The maximum atomic E-state index is 12.6. The number of anilines is 2. The second-order valence-electron chi connectivity index (χ2n) is 6.46. The molecule has 0 spiro atoms. The Kier molecular flexibility index (Phi) is 5.48. The molecule has 7 heteroatoms. The lowest BCUT2D eigenvalue weighted by Crippen LogP contribution is -2.20. The predicted octanol–water partition coefficient (Wildman–Crippen LogP) is 5.50. The van der Waals surface area contributed by atoms with Crippen LogP contribution >= 0.6 is 15.9 Å². The van der Waals surface area contributed by atoms with Gasteiger partial charge in [-0.2, -0.15) is 0 Å². The standard InChI is InChI=1S/C22H19BrN4O2/c1-29-21-6-5-16(23)13-19(21)26-22(28)25-18-3-2-4-20-17(18)9-12-27(20)14-15-7-10-24-11-8-15/h2-13H,14H2,1H3,(H2,25,26,28). The average molecular weight is 451 g/mol. The monoisotopic (exact) mass is 450 g/mol. The summed E-state index contributed by atoms with van der Waals surface area (Å²) in [6, 6.07) is 17.0. The average Bonchev–Trinajstić information content (AvgIpc) is 3.13. The van der Waals surface area contributed by atoms with Gasteiger partial charge in [0.05, 0.1) is 24.0 Å². The molecule has 0 aliphatic rings. The van der Waals surface area contributed by atoms with Crippen LogP contribution in [0.5, 0.6) is 5.75 Å². The summed E-state index contributed by atoms with van der Waals surface area (Å²) < 4.78 is 8.31. The molecule has 2 aromatic heterocycles. The largest absolute Gasteiger partial charge is 0.495 e. The fourth-order valence-electron chi connectivity index (χ4n) is 3.21. The molecule has 0 saturated carbocycles. The van der Waals surface area contributed by atoms with Crippen molar-refractivity contribution in [1.29, 1.82) is 0 Å². The number of nitrogens with zero attached hydrogens (tertiary/aromatic N) is 2. The number of urea groups is 1. The maximum absolute atomic E-state index is 12.6. The number of benzene rings is 2. The van der Waals surface area contributed by atoms with Crippen molar-refractivity contribution >= 4 is 44.2 Å². The molecular weight excluding hydrogens is 432 g/mol. The first-order valence-electron chi connectivity index (χ1n) is 9.02. The van der Waals surface area contributed by atoms with Gasteiger partial charge < -0.3 is 19.9 Å². The van der Waals surface area contributed by atoms with Crippen LogP contribution in [-0.2, 0) is 6.54 Å². The van der Waals surface area contributed by atoms with Crippen LogP contribution < -0.4 is 15.4 Å². The Morgan fingerprint density at radius 1 is 1.07 bits per heavy atom. The van der Waals surface area contributed by atoms with Crippen LogP contribution in [0.1, 0.15) is 5.56 Å². The fourth-order valence-corrected chi connectivity index (χ4v) is 3.57.